The van der Waals surface area contributed by atoms with Crippen molar-refractivity contribution >= 4 is 45.9 Å². The molecule has 2 N–H and O–H groups in total. The summed E-state index contributed by atoms with van der Waals surface area (Å²) in [7, 11) is 0. The summed E-state index contributed by atoms with van der Waals surface area (Å²) in [6.07, 6.45) is 5.63. The van der Waals surface area contributed by atoms with E-state index in [2.05, 4.69) is 10.3 Å². The Labute approximate surface area is 245 Å². The highest BCUT2D eigenvalue weighted by Gasteiger charge is 2.50. The molecular weight excluding hydrogens is 538 g/mol. The average molecular weight is 574 g/mol. The standard InChI is InChI=1S/C33H36ClN3O4/c1-2-28(38)26(16-20-10-7-13-29(20)39)36-32(40)31-23-12-6-11-21(23)18-37(31)33(41)27-17-24-25(34)15-14-22(30(24)35-27)19-8-4-3-5-9-19/h3-5,8-9,14-15,17,20-21,23,26,31,35H,2,6-7,10-13,16,18H2,1H3,(H,36,40)/t20-,21-,23-,26-,31-/m0/s1. The van der Waals surface area contributed by atoms with Crippen molar-refractivity contribution in [2.45, 2.75) is 70.4 Å². The number of likely N-dealkylation sites (tertiary alicyclic amines) is 1. The zero-order chi connectivity index (χ0) is 28.7. The third-order valence-corrected chi connectivity index (χ3v) is 9.81. The molecule has 1 saturated heterocycles. The number of hydrogen-bond donors (Lipinski definition) is 2. The van der Waals surface area contributed by atoms with Crippen molar-refractivity contribution in [3.05, 3.63) is 59.2 Å². The van der Waals surface area contributed by atoms with E-state index in [9.17, 15) is 19.2 Å². The maximum Gasteiger partial charge on any atom is 0.271 e. The Morgan fingerprint density at radius 2 is 1.88 bits per heavy atom. The molecule has 3 aliphatic rings. The van der Waals surface area contributed by atoms with E-state index in [0.717, 1.165) is 54.1 Å². The number of halogens is 1. The summed E-state index contributed by atoms with van der Waals surface area (Å²) in [5, 5.41) is 4.31. The van der Waals surface area contributed by atoms with Gasteiger partial charge in [-0.3, -0.25) is 19.2 Å². The van der Waals surface area contributed by atoms with Gasteiger partial charge >= 0.3 is 0 Å². The van der Waals surface area contributed by atoms with Crippen LogP contribution in [0.15, 0.2) is 48.5 Å². The zero-order valence-corrected chi connectivity index (χ0v) is 24.1. The monoisotopic (exact) mass is 573 g/mol. The van der Waals surface area contributed by atoms with Gasteiger partial charge in [0.1, 0.15) is 17.5 Å². The topological polar surface area (TPSA) is 99.3 Å². The summed E-state index contributed by atoms with van der Waals surface area (Å²) in [5.41, 5.74) is 3.12. The van der Waals surface area contributed by atoms with Crippen molar-refractivity contribution in [1.29, 1.82) is 0 Å². The summed E-state index contributed by atoms with van der Waals surface area (Å²) < 4.78 is 0. The molecule has 6 rings (SSSR count). The van der Waals surface area contributed by atoms with E-state index in [1.807, 2.05) is 42.5 Å². The summed E-state index contributed by atoms with van der Waals surface area (Å²) >= 11 is 6.57. The maximum absolute atomic E-state index is 14.1. The molecule has 0 unspecified atom stereocenters. The summed E-state index contributed by atoms with van der Waals surface area (Å²) in [6.45, 7) is 2.28. The highest BCUT2D eigenvalue weighted by atomic mass is 35.5. The third-order valence-electron chi connectivity index (χ3n) is 9.48. The first-order chi connectivity index (χ1) is 19.9. The van der Waals surface area contributed by atoms with Gasteiger partial charge < -0.3 is 15.2 Å². The maximum atomic E-state index is 14.1. The molecule has 2 amide bonds. The number of nitrogens with one attached hydrogen (secondary N) is 2. The second-order valence-electron chi connectivity index (χ2n) is 11.9. The number of hydrogen-bond acceptors (Lipinski definition) is 4. The highest BCUT2D eigenvalue weighted by molar-refractivity contribution is 6.36. The Morgan fingerprint density at radius 3 is 2.61 bits per heavy atom. The number of nitrogens with zero attached hydrogens (tertiary/aromatic N) is 1. The van der Waals surface area contributed by atoms with E-state index in [4.69, 9.17) is 11.6 Å². The molecule has 2 heterocycles. The lowest BCUT2D eigenvalue weighted by Gasteiger charge is -2.29. The lowest BCUT2D eigenvalue weighted by Crippen LogP contribution is -2.53. The molecule has 8 heteroatoms. The van der Waals surface area contributed by atoms with Crippen LogP contribution in [-0.4, -0.2) is 51.9 Å². The van der Waals surface area contributed by atoms with E-state index in [1.165, 1.54) is 0 Å². The Balaban J connectivity index is 1.29. The van der Waals surface area contributed by atoms with Gasteiger partial charge in [-0.2, -0.15) is 0 Å². The van der Waals surface area contributed by atoms with Gasteiger partial charge in [0, 0.05) is 36.3 Å². The van der Waals surface area contributed by atoms with Gasteiger partial charge in [0.2, 0.25) is 5.91 Å². The lowest BCUT2D eigenvalue weighted by atomic mass is 9.91. The van der Waals surface area contributed by atoms with Crippen molar-refractivity contribution in [3.63, 3.8) is 0 Å². The van der Waals surface area contributed by atoms with Crippen molar-refractivity contribution in [3.8, 4) is 11.1 Å². The predicted molar refractivity (Wildman–Crippen MR) is 159 cm³/mol. The zero-order valence-electron chi connectivity index (χ0n) is 23.3. The number of aromatic amines is 1. The second-order valence-corrected chi connectivity index (χ2v) is 12.3. The van der Waals surface area contributed by atoms with Gasteiger partial charge in [-0.25, -0.2) is 0 Å². The quantitative estimate of drug-likeness (QED) is 0.348. The van der Waals surface area contributed by atoms with Crippen molar-refractivity contribution in [1.82, 2.24) is 15.2 Å². The van der Waals surface area contributed by atoms with Gasteiger partial charge in [-0.15, -0.1) is 0 Å². The molecule has 3 fully saturated rings. The fourth-order valence-electron chi connectivity index (χ4n) is 7.36. The van der Waals surface area contributed by atoms with Crippen LogP contribution in [-0.2, 0) is 14.4 Å². The number of aromatic nitrogens is 1. The summed E-state index contributed by atoms with van der Waals surface area (Å²) in [6, 6.07) is 14.1. The average Bonchev–Trinajstić information content (AvgIpc) is 3.77. The van der Waals surface area contributed by atoms with Crippen LogP contribution in [0.4, 0.5) is 0 Å². The molecule has 0 bridgehead atoms. The molecule has 0 spiro atoms. The number of carbonyl (C=O) groups is 4. The molecule has 5 atom stereocenters. The minimum atomic E-state index is -0.711. The molecular formula is C33H36ClN3O4. The van der Waals surface area contributed by atoms with Crippen molar-refractivity contribution in [2.24, 2.45) is 17.8 Å². The first-order valence-corrected chi connectivity index (χ1v) is 15.3. The summed E-state index contributed by atoms with van der Waals surface area (Å²) in [5.74, 6) is -0.313. The first kappa shape index (κ1) is 27.7. The number of amides is 2. The van der Waals surface area contributed by atoms with Crippen LogP contribution in [0.3, 0.4) is 0 Å². The minimum Gasteiger partial charge on any atom is -0.350 e. The lowest BCUT2D eigenvalue weighted by molar-refractivity contribution is -0.131. The van der Waals surface area contributed by atoms with Gasteiger partial charge in [0.25, 0.3) is 5.91 Å². The Hall–Kier alpha value is -3.45. The highest BCUT2D eigenvalue weighted by Crippen LogP contribution is 2.43. The molecule has 7 nitrogen and oxygen atoms in total. The molecule has 1 aromatic heterocycles. The van der Waals surface area contributed by atoms with Crippen LogP contribution >= 0.6 is 11.6 Å². The van der Waals surface area contributed by atoms with E-state index >= 15 is 0 Å². The van der Waals surface area contributed by atoms with Crippen molar-refractivity contribution in [2.75, 3.05) is 6.54 Å². The first-order valence-electron chi connectivity index (χ1n) is 14.9. The van der Waals surface area contributed by atoms with Crippen LogP contribution in [0, 0.1) is 17.8 Å². The number of fused-ring (bicyclic) bond motifs is 2. The second kappa shape index (κ2) is 11.4. The number of H-pyrrole nitrogens is 1. The SMILES string of the molecule is CCC(=O)[C@H](C[C@@H]1CCCC1=O)NC(=O)[C@@H]1[C@H]2CCC[C@H]2CN1C(=O)c1cc2c(Cl)ccc(-c3ccccc3)c2[nH]1. The van der Waals surface area contributed by atoms with E-state index < -0.39 is 12.1 Å². The normalized spacial score (nSPS) is 24.5. The van der Waals surface area contributed by atoms with E-state index in [-0.39, 0.29) is 47.6 Å². The molecule has 2 saturated carbocycles. The van der Waals surface area contributed by atoms with Crippen LogP contribution in [0.2, 0.25) is 5.02 Å². The Kier molecular flexibility index (Phi) is 7.73. The number of Topliss-reactive ketones (excluding diaryl/α,β-unsaturated/α-hetero) is 2. The molecule has 0 radical (unpaired) electrons. The van der Waals surface area contributed by atoms with Crippen LogP contribution in [0.25, 0.3) is 22.0 Å². The fourth-order valence-corrected chi connectivity index (χ4v) is 7.57. The van der Waals surface area contributed by atoms with Gasteiger partial charge in [-0.05, 0) is 61.6 Å². The van der Waals surface area contributed by atoms with Gasteiger partial charge in [0.15, 0.2) is 5.78 Å². The van der Waals surface area contributed by atoms with Gasteiger partial charge in [0.05, 0.1) is 16.6 Å². The van der Waals surface area contributed by atoms with Crippen molar-refractivity contribution < 1.29 is 19.2 Å². The largest absolute Gasteiger partial charge is 0.350 e. The van der Waals surface area contributed by atoms with E-state index in [0.29, 0.717) is 30.1 Å². The van der Waals surface area contributed by atoms with Crippen LogP contribution < -0.4 is 5.32 Å². The molecule has 214 valence electrons. The molecule has 3 aromatic rings. The fraction of sp³-hybridized carbons (Fsp3) is 0.455. The Morgan fingerprint density at radius 1 is 1.07 bits per heavy atom. The minimum absolute atomic E-state index is 0.0530. The van der Waals surface area contributed by atoms with Crippen LogP contribution in [0.1, 0.15) is 68.8 Å². The molecule has 2 aromatic carbocycles. The molecule has 41 heavy (non-hydrogen) atoms. The van der Waals surface area contributed by atoms with Gasteiger partial charge in [-0.1, -0.05) is 61.3 Å². The smallest absolute Gasteiger partial charge is 0.271 e. The number of ketones is 2. The summed E-state index contributed by atoms with van der Waals surface area (Å²) in [4.78, 5) is 58.2. The molecule has 2 aliphatic carbocycles. The van der Waals surface area contributed by atoms with Crippen LogP contribution in [0.5, 0.6) is 0 Å². The number of carbonyl (C=O) groups excluding carboxylic acids is 4. The number of rotatable bonds is 8. The Bertz CT molecular complexity index is 1500. The van der Waals surface area contributed by atoms with E-state index in [1.54, 1.807) is 17.9 Å². The molecule has 1 aliphatic heterocycles. The third kappa shape index (κ3) is 5.21. The predicted octanol–water partition coefficient (Wildman–Crippen LogP) is 5.95. The number of benzene rings is 2.